The van der Waals surface area contributed by atoms with Crippen LogP contribution in [-0.4, -0.2) is 124 Å². The van der Waals surface area contributed by atoms with E-state index < -0.39 is 97.4 Å². The third-order valence-corrected chi connectivity index (χ3v) is 12.4. The zero-order valence-corrected chi connectivity index (χ0v) is 33.2. The number of hydrogen-bond donors (Lipinski definition) is 5. The molecule has 0 aromatic heterocycles. The van der Waals surface area contributed by atoms with Gasteiger partial charge in [0.15, 0.2) is 24.8 Å². The number of aliphatic hydroxyl groups is 4. The van der Waals surface area contributed by atoms with E-state index in [1.54, 1.807) is 31.2 Å². The Balaban J connectivity index is 1.30. The summed E-state index contributed by atoms with van der Waals surface area (Å²) in [4.78, 5) is 39.7. The van der Waals surface area contributed by atoms with Gasteiger partial charge in [0, 0.05) is 24.7 Å². The zero-order chi connectivity index (χ0) is 41.4. The molecule has 2 aliphatic heterocycles. The summed E-state index contributed by atoms with van der Waals surface area (Å²) in [7, 11) is 1.47. The van der Waals surface area contributed by atoms with Crippen molar-refractivity contribution in [3.63, 3.8) is 0 Å². The molecule has 314 valence electrons. The van der Waals surface area contributed by atoms with E-state index in [4.69, 9.17) is 33.2 Å². The Morgan fingerprint density at radius 3 is 2.21 bits per heavy atom. The average Bonchev–Trinajstić information content (AvgIpc) is 3.41. The summed E-state index contributed by atoms with van der Waals surface area (Å²) in [5, 5.41) is 56.1. The number of phenols is 1. The number of aryl methyl sites for hydroxylation is 1. The van der Waals surface area contributed by atoms with Crippen molar-refractivity contribution in [2.75, 3.05) is 20.3 Å². The van der Waals surface area contributed by atoms with Crippen LogP contribution in [0.5, 0.6) is 11.5 Å². The van der Waals surface area contributed by atoms with Crippen molar-refractivity contribution in [1.29, 1.82) is 0 Å². The average molecular weight is 801 g/mol. The van der Waals surface area contributed by atoms with Gasteiger partial charge in [-0.25, -0.2) is 4.79 Å². The number of rotatable bonds is 13. The summed E-state index contributed by atoms with van der Waals surface area (Å²) in [6.07, 6.45) is -11.0. The maximum absolute atomic E-state index is 13.9. The molecule has 0 bridgehead atoms. The predicted octanol–water partition coefficient (Wildman–Crippen LogP) is 2.94. The quantitative estimate of drug-likeness (QED) is 0.184. The fourth-order valence-electron chi connectivity index (χ4n) is 9.11. The highest BCUT2D eigenvalue weighted by Crippen LogP contribution is 2.64. The Morgan fingerprint density at radius 1 is 0.895 bits per heavy atom. The number of aromatic hydroxyl groups is 1. The van der Waals surface area contributed by atoms with Crippen molar-refractivity contribution >= 4 is 17.7 Å². The number of fused-ring (bicyclic) bond motifs is 3. The van der Waals surface area contributed by atoms with Crippen molar-refractivity contribution in [2.45, 2.75) is 134 Å². The predicted molar refractivity (Wildman–Crippen MR) is 200 cm³/mol. The Morgan fingerprint density at radius 2 is 1.56 bits per heavy atom. The molecule has 2 saturated heterocycles. The molecule has 57 heavy (non-hydrogen) atoms. The van der Waals surface area contributed by atoms with Crippen LogP contribution in [-0.2, 0) is 44.4 Å². The summed E-state index contributed by atoms with van der Waals surface area (Å²) in [6.45, 7) is 8.06. The molecule has 1 saturated carbocycles. The molecule has 0 radical (unpaired) electrons. The van der Waals surface area contributed by atoms with Crippen LogP contribution in [0.3, 0.4) is 0 Å². The lowest BCUT2D eigenvalue weighted by molar-refractivity contribution is -0.345. The minimum atomic E-state index is -1.74. The fraction of sp³-hybridized carbons (Fsp3) is 0.643. The van der Waals surface area contributed by atoms with Gasteiger partial charge in [-0.1, -0.05) is 33.8 Å². The summed E-state index contributed by atoms with van der Waals surface area (Å²) >= 11 is 0. The second kappa shape index (κ2) is 17.3. The van der Waals surface area contributed by atoms with Crippen molar-refractivity contribution in [1.82, 2.24) is 0 Å². The highest BCUT2D eigenvalue weighted by molar-refractivity contribution is 5.89. The summed E-state index contributed by atoms with van der Waals surface area (Å²) in [6, 6.07) is 11.1. The first kappa shape index (κ1) is 42.9. The number of ether oxygens (including phenoxy) is 7. The maximum Gasteiger partial charge on any atom is 0.338 e. The molecule has 0 unspecified atom stereocenters. The first-order valence-corrected chi connectivity index (χ1v) is 19.7. The number of phenolic OH excluding ortho intramolecular Hbond substituents is 1. The van der Waals surface area contributed by atoms with E-state index in [0.29, 0.717) is 25.0 Å². The van der Waals surface area contributed by atoms with Gasteiger partial charge >= 0.3 is 11.9 Å². The minimum Gasteiger partial charge on any atom is -0.508 e. The minimum absolute atomic E-state index is 0.105. The summed E-state index contributed by atoms with van der Waals surface area (Å²) in [5.74, 6) is -2.08. The van der Waals surface area contributed by atoms with Gasteiger partial charge in [-0.05, 0) is 85.0 Å². The van der Waals surface area contributed by atoms with Crippen molar-refractivity contribution in [3.8, 4) is 11.5 Å². The number of aliphatic hydroxyl groups excluding tert-OH is 3. The van der Waals surface area contributed by atoms with Gasteiger partial charge in [0.1, 0.15) is 47.3 Å². The molecule has 15 nitrogen and oxygen atoms in total. The molecule has 13 atom stereocenters. The second-order valence-corrected chi connectivity index (χ2v) is 16.5. The van der Waals surface area contributed by atoms with Crippen molar-refractivity contribution in [2.24, 2.45) is 17.3 Å². The number of methoxy groups -OCH3 is 1. The molecule has 2 aromatic rings. The molecule has 4 aliphatic rings. The molecule has 5 N–H and O–H groups in total. The molecule has 2 heterocycles. The van der Waals surface area contributed by atoms with Crippen LogP contribution in [0.15, 0.2) is 42.5 Å². The normalized spacial score (nSPS) is 35.5. The third-order valence-electron chi connectivity index (χ3n) is 12.4. The zero-order valence-electron chi connectivity index (χ0n) is 33.2. The Kier molecular flexibility index (Phi) is 13.0. The van der Waals surface area contributed by atoms with Gasteiger partial charge < -0.3 is 58.7 Å². The lowest BCUT2D eigenvalue weighted by atomic mass is 9.58. The van der Waals surface area contributed by atoms with Crippen LogP contribution in [0.25, 0.3) is 0 Å². The number of esters is 2. The molecule has 0 amide bonds. The monoisotopic (exact) mass is 800 g/mol. The van der Waals surface area contributed by atoms with Crippen LogP contribution >= 0.6 is 0 Å². The van der Waals surface area contributed by atoms with Crippen LogP contribution in [0.1, 0.15) is 87.7 Å². The van der Waals surface area contributed by atoms with E-state index in [1.807, 2.05) is 26.8 Å². The molecule has 6 rings (SSSR count). The third kappa shape index (κ3) is 8.44. The maximum atomic E-state index is 13.9. The highest BCUT2D eigenvalue weighted by Gasteiger charge is 2.68. The number of carbonyl (C=O) groups is 3. The van der Waals surface area contributed by atoms with Crippen molar-refractivity contribution < 1.29 is 73.1 Å². The number of ketones is 1. The number of carbonyl (C=O) groups excluding carboxylic acids is 3. The standard InChI is InChI=1S/C42H56O15/c1-21(2)7-14-30(45)22(3)42(50)33(18-29-28-13-10-26(44)17-25(28)15-16-41(29,42)5)55-40-37(54-23(4)43)35(32(47)20-53-40)57-39-36(34(48)31(46)19-52-39)56-38(49)24-8-11-27(51-6)12-9-24/h8-13,17,21-22,29,31-37,39-40,44,46-48,50H,7,14-16,18-20H2,1-6H3/t22-,29+,31-,32+,33+,34+,35+,36-,37-,39+,40+,41+,42-/m1/s1. The fourth-order valence-corrected chi connectivity index (χ4v) is 9.11. The van der Waals surface area contributed by atoms with Gasteiger partial charge in [0.05, 0.1) is 32.0 Å². The number of benzene rings is 2. The molecule has 0 spiro atoms. The smallest absolute Gasteiger partial charge is 0.338 e. The van der Waals surface area contributed by atoms with E-state index in [-0.39, 0.29) is 41.8 Å². The van der Waals surface area contributed by atoms with E-state index in [0.717, 1.165) is 18.1 Å². The van der Waals surface area contributed by atoms with E-state index in [1.165, 1.54) is 19.2 Å². The lowest BCUT2D eigenvalue weighted by Crippen LogP contribution is -2.64. The molecule has 3 fully saturated rings. The molecule has 2 aromatic carbocycles. The number of Topliss-reactive ketones (excluding diaryl/α,β-unsaturated/α-hetero) is 1. The first-order chi connectivity index (χ1) is 27.0. The molecule has 15 heteroatoms. The SMILES string of the molecule is COc1ccc(C(=O)O[C@H]2[C@H](O[C@@H]3[C@@H](OC(C)=O)[C@H](O[C@H]4C[C@H]5c6ccc(O)cc6CC[C@]5(C)[C@@]4(O)[C@H](C)C(=O)CCC(C)C)OC[C@@H]3O)OC[C@@H](O)[C@@H]2O)cc1. The van der Waals surface area contributed by atoms with E-state index in [2.05, 4.69) is 0 Å². The molecular weight excluding hydrogens is 744 g/mol. The van der Waals surface area contributed by atoms with Crippen LogP contribution in [0, 0.1) is 17.3 Å². The second-order valence-electron chi connectivity index (χ2n) is 16.5. The van der Waals surface area contributed by atoms with Gasteiger partial charge in [0.25, 0.3) is 0 Å². The number of hydrogen-bond acceptors (Lipinski definition) is 15. The van der Waals surface area contributed by atoms with E-state index in [9.17, 15) is 39.9 Å². The topological polar surface area (TPSA) is 217 Å². The van der Waals surface area contributed by atoms with Gasteiger partial charge in [-0.15, -0.1) is 0 Å². The van der Waals surface area contributed by atoms with Gasteiger partial charge in [-0.2, -0.15) is 0 Å². The Bertz CT molecular complexity index is 1750. The Labute approximate surface area is 332 Å². The van der Waals surface area contributed by atoms with Gasteiger partial charge in [0.2, 0.25) is 0 Å². The van der Waals surface area contributed by atoms with E-state index >= 15 is 0 Å². The first-order valence-electron chi connectivity index (χ1n) is 19.7. The molecule has 2 aliphatic carbocycles. The largest absolute Gasteiger partial charge is 0.508 e. The van der Waals surface area contributed by atoms with Crippen LogP contribution < -0.4 is 4.74 Å². The Hall–Kier alpha value is -3.67. The molecular formula is C42H56O15. The highest BCUT2D eigenvalue weighted by atomic mass is 16.8. The summed E-state index contributed by atoms with van der Waals surface area (Å²) in [5.41, 5.74) is -0.649. The van der Waals surface area contributed by atoms with Gasteiger partial charge in [-0.3, -0.25) is 9.59 Å². The summed E-state index contributed by atoms with van der Waals surface area (Å²) < 4.78 is 41.1. The van der Waals surface area contributed by atoms with Crippen LogP contribution in [0.2, 0.25) is 0 Å². The van der Waals surface area contributed by atoms with Crippen LogP contribution in [0.4, 0.5) is 0 Å². The van der Waals surface area contributed by atoms with Crippen molar-refractivity contribution in [3.05, 3.63) is 59.2 Å². The lowest BCUT2D eigenvalue weighted by Gasteiger charge is -2.51.